The summed E-state index contributed by atoms with van der Waals surface area (Å²) in [4.78, 5) is 34.2. The van der Waals surface area contributed by atoms with E-state index in [9.17, 15) is 14.4 Å². The van der Waals surface area contributed by atoms with Crippen LogP contribution in [0.3, 0.4) is 0 Å². The smallest absolute Gasteiger partial charge is 0.201 e. The summed E-state index contributed by atoms with van der Waals surface area (Å²) in [7, 11) is 0.275. The Morgan fingerprint density at radius 3 is 1.63 bits per heavy atom. The maximum atomic E-state index is 11.9. The fourth-order valence-corrected chi connectivity index (χ4v) is 4.31. The van der Waals surface area contributed by atoms with Gasteiger partial charge in [-0.3, -0.25) is 14.4 Å². The third kappa shape index (κ3) is 3.25. The van der Waals surface area contributed by atoms with Gasteiger partial charge in [-0.2, -0.15) is 0 Å². The molecule has 4 aromatic rings. The van der Waals surface area contributed by atoms with Gasteiger partial charge >= 0.3 is 0 Å². The van der Waals surface area contributed by atoms with E-state index in [-0.39, 0.29) is 24.9 Å². The average molecular weight is 370 g/mol. The summed E-state index contributed by atoms with van der Waals surface area (Å²) in [5, 5.41) is 4.59. The second-order valence-electron chi connectivity index (χ2n) is 6.15. The molecule has 1 unspecified atom stereocenters. The van der Waals surface area contributed by atoms with E-state index in [1.165, 1.54) is 22.7 Å². The van der Waals surface area contributed by atoms with E-state index in [4.69, 9.17) is 0 Å². The molecule has 0 fully saturated rings. The molecule has 0 radical (unpaired) electrons. The lowest BCUT2D eigenvalue weighted by molar-refractivity contribution is 0.0994. The maximum absolute atomic E-state index is 11.9. The fourth-order valence-electron chi connectivity index (χ4n) is 3.18. The van der Waals surface area contributed by atoms with Crippen LogP contribution in [0.1, 0.15) is 20.7 Å². The molecule has 3 aromatic carbocycles. The quantitative estimate of drug-likeness (QED) is 0.409. The Morgan fingerprint density at radius 1 is 0.519 bits per heavy atom. The normalized spacial score (nSPS) is 12.9. The molecule has 0 saturated heterocycles. The maximum Gasteiger partial charge on any atom is 0.201 e. The summed E-state index contributed by atoms with van der Waals surface area (Å²) in [6, 6.07) is 22.8. The summed E-state index contributed by atoms with van der Waals surface area (Å²) in [6.07, 6.45) is 2.62. The van der Waals surface area contributed by atoms with E-state index >= 15 is 0 Å². The van der Waals surface area contributed by atoms with Crippen LogP contribution in [0.5, 0.6) is 0 Å². The Balaban J connectivity index is 0.000000137. The number of allylic oxidation sites excluding steroid dienone is 2. The highest BCUT2D eigenvalue weighted by Crippen LogP contribution is 2.27. The molecule has 0 bridgehead atoms. The van der Waals surface area contributed by atoms with Gasteiger partial charge in [0.25, 0.3) is 0 Å². The predicted molar refractivity (Wildman–Crippen MR) is 111 cm³/mol. The van der Waals surface area contributed by atoms with Crippen molar-refractivity contribution in [3.63, 3.8) is 0 Å². The number of carbonyl (C=O) groups excluding carboxylic acids is 2. The van der Waals surface area contributed by atoms with Crippen molar-refractivity contribution in [2.24, 2.45) is 0 Å². The molecule has 4 heteroatoms. The van der Waals surface area contributed by atoms with E-state index in [1.807, 2.05) is 42.5 Å². The van der Waals surface area contributed by atoms with Gasteiger partial charge in [0.05, 0.1) is 0 Å². The van der Waals surface area contributed by atoms with Gasteiger partial charge in [0.1, 0.15) is 0 Å². The van der Waals surface area contributed by atoms with E-state index in [0.29, 0.717) is 11.1 Å². The molecule has 0 N–H and O–H groups in total. The van der Waals surface area contributed by atoms with E-state index in [2.05, 4.69) is 6.07 Å². The first-order valence-electron chi connectivity index (χ1n) is 8.51. The molecule has 0 amide bonds. The van der Waals surface area contributed by atoms with Crippen LogP contribution in [-0.2, 0) is 0 Å². The summed E-state index contributed by atoms with van der Waals surface area (Å²) >= 11 is 0. The molecule has 1 heterocycles. The Kier molecular flexibility index (Phi) is 4.53. The predicted octanol–water partition coefficient (Wildman–Crippen LogP) is 5.01. The number of fused-ring (bicyclic) bond motifs is 4. The third-order valence-corrected chi connectivity index (χ3v) is 5.68. The van der Waals surface area contributed by atoms with Crippen LogP contribution in [0, 0.1) is 0 Å². The van der Waals surface area contributed by atoms with Crippen molar-refractivity contribution in [3.05, 3.63) is 106 Å². The first-order valence-corrected chi connectivity index (χ1v) is 9.51. The topological polar surface area (TPSA) is 51.2 Å². The van der Waals surface area contributed by atoms with Gasteiger partial charge in [0.15, 0.2) is 11.6 Å². The fraction of sp³-hybridized carbons (Fsp3) is 0. The molecule has 0 spiro atoms. The van der Waals surface area contributed by atoms with Crippen molar-refractivity contribution in [3.8, 4) is 0 Å². The van der Waals surface area contributed by atoms with Crippen LogP contribution in [0.4, 0.5) is 0 Å². The zero-order chi connectivity index (χ0) is 18.8. The summed E-state index contributed by atoms with van der Waals surface area (Å²) < 4.78 is 0. The minimum Gasteiger partial charge on any atom is -0.289 e. The lowest BCUT2D eigenvalue weighted by atomic mass is 9.95. The van der Waals surface area contributed by atoms with E-state index < -0.39 is 0 Å². The molecular formula is C23H15O3P. The number of ketones is 2. The van der Waals surface area contributed by atoms with E-state index in [0.717, 1.165) is 10.8 Å². The Bertz CT molecular complexity index is 1240. The number of carbonyl (C=O) groups is 2. The van der Waals surface area contributed by atoms with Crippen LogP contribution < -0.4 is 5.16 Å². The summed E-state index contributed by atoms with van der Waals surface area (Å²) in [6.45, 7) is 0. The molecule has 5 rings (SSSR count). The van der Waals surface area contributed by atoms with Crippen LogP contribution >= 0.6 is 8.19 Å². The molecule has 1 aromatic heterocycles. The minimum absolute atomic E-state index is 0.0924. The summed E-state index contributed by atoms with van der Waals surface area (Å²) in [5.74, 6) is -0.185. The van der Waals surface area contributed by atoms with Gasteiger partial charge in [-0.25, -0.2) is 0 Å². The first kappa shape index (κ1) is 17.1. The SMILES string of the molecule is O=C1C=CC(=O)c2ccccc21.O=c1[pH]c2ccccc2c2ccccc12. The van der Waals surface area contributed by atoms with Gasteiger partial charge in [-0.1, -0.05) is 81.0 Å². The number of hydrogen-bond donors (Lipinski definition) is 0. The van der Waals surface area contributed by atoms with Crippen molar-refractivity contribution < 1.29 is 9.59 Å². The molecule has 1 aliphatic carbocycles. The zero-order valence-electron chi connectivity index (χ0n) is 14.3. The van der Waals surface area contributed by atoms with Gasteiger partial charge in [-0.05, 0) is 22.9 Å². The minimum atomic E-state index is -0.0924. The molecule has 130 valence electrons. The van der Waals surface area contributed by atoms with Crippen LogP contribution in [-0.4, -0.2) is 11.6 Å². The molecule has 1 aliphatic rings. The molecule has 0 aliphatic heterocycles. The van der Waals surface area contributed by atoms with E-state index in [1.54, 1.807) is 24.3 Å². The number of rotatable bonds is 0. The largest absolute Gasteiger partial charge is 0.289 e. The Morgan fingerprint density at radius 2 is 1.00 bits per heavy atom. The highest BCUT2D eigenvalue weighted by atomic mass is 31.0. The third-order valence-electron chi connectivity index (χ3n) is 4.48. The Hall–Kier alpha value is -3.29. The molecule has 3 nitrogen and oxygen atoms in total. The van der Waals surface area contributed by atoms with Crippen molar-refractivity contribution in [1.29, 1.82) is 0 Å². The highest BCUT2D eigenvalue weighted by Gasteiger charge is 2.17. The number of benzene rings is 3. The monoisotopic (exact) mass is 370 g/mol. The Labute approximate surface area is 157 Å². The molecule has 1 atom stereocenters. The van der Waals surface area contributed by atoms with Gasteiger partial charge in [-0.15, -0.1) is 0 Å². The highest BCUT2D eigenvalue weighted by molar-refractivity contribution is 7.36. The van der Waals surface area contributed by atoms with Crippen LogP contribution in [0.2, 0.25) is 0 Å². The second kappa shape index (κ2) is 7.14. The van der Waals surface area contributed by atoms with Gasteiger partial charge < -0.3 is 0 Å². The molecular weight excluding hydrogens is 355 g/mol. The summed E-state index contributed by atoms with van der Waals surface area (Å²) in [5.41, 5.74) is 1.01. The van der Waals surface area contributed by atoms with Crippen molar-refractivity contribution in [1.82, 2.24) is 0 Å². The van der Waals surface area contributed by atoms with Crippen molar-refractivity contribution >= 4 is 41.0 Å². The zero-order valence-corrected chi connectivity index (χ0v) is 15.3. The second-order valence-corrected chi connectivity index (χ2v) is 7.40. The van der Waals surface area contributed by atoms with Crippen LogP contribution in [0.25, 0.3) is 21.3 Å². The standard InChI is InChI=1S/C13H9OP.C10H6O2/c14-13-11-7-2-1-5-9(11)10-6-3-4-8-12(10)15-13;11-9-5-6-10(12)8-4-2-1-3-7(8)9/h1-8,15H;1-6H. The number of hydrogen-bond acceptors (Lipinski definition) is 3. The van der Waals surface area contributed by atoms with Gasteiger partial charge in [0.2, 0.25) is 5.16 Å². The average Bonchev–Trinajstić information content (AvgIpc) is 2.72. The lowest BCUT2D eigenvalue weighted by Gasteiger charge is -2.06. The van der Waals surface area contributed by atoms with Crippen molar-refractivity contribution in [2.75, 3.05) is 0 Å². The van der Waals surface area contributed by atoms with Gasteiger partial charge in [0, 0.05) is 21.6 Å². The van der Waals surface area contributed by atoms with Crippen LogP contribution in [0.15, 0.2) is 89.7 Å². The molecule has 0 saturated carbocycles. The lowest BCUT2D eigenvalue weighted by Crippen LogP contribution is -2.10. The van der Waals surface area contributed by atoms with Crippen molar-refractivity contribution in [2.45, 2.75) is 0 Å². The molecule has 27 heavy (non-hydrogen) atoms. The first-order chi connectivity index (χ1) is 13.1.